The van der Waals surface area contributed by atoms with Gasteiger partial charge in [-0.3, -0.25) is 4.98 Å². The lowest BCUT2D eigenvalue weighted by Crippen LogP contribution is -2.47. The van der Waals surface area contributed by atoms with Gasteiger partial charge in [0.05, 0.1) is 18.8 Å². The van der Waals surface area contributed by atoms with Crippen LogP contribution in [0.15, 0.2) is 18.3 Å². The summed E-state index contributed by atoms with van der Waals surface area (Å²) in [6, 6.07) is 4.16. The summed E-state index contributed by atoms with van der Waals surface area (Å²) in [6.07, 6.45) is 8.20. The standard InChI is InChI=1S/C17H23NO3/c19-16(6-8-17(9-7-16)20-11-12-21-17)14-5-1-3-13-4-2-10-18-15(13)14/h2,4,10,14,19H,1,3,5-9,11-12H2. The maximum Gasteiger partial charge on any atom is 0.168 e. The van der Waals surface area contributed by atoms with E-state index >= 15 is 0 Å². The summed E-state index contributed by atoms with van der Waals surface area (Å²) in [7, 11) is 0. The molecule has 4 heteroatoms. The first-order chi connectivity index (χ1) is 10.2. The third kappa shape index (κ3) is 2.30. The van der Waals surface area contributed by atoms with Crippen molar-refractivity contribution < 1.29 is 14.6 Å². The van der Waals surface area contributed by atoms with Crippen molar-refractivity contribution in [2.45, 2.75) is 62.3 Å². The van der Waals surface area contributed by atoms with Gasteiger partial charge in [0.15, 0.2) is 5.79 Å². The van der Waals surface area contributed by atoms with Crippen molar-refractivity contribution in [3.63, 3.8) is 0 Å². The Bertz CT molecular complexity index is 515. The first-order valence-electron chi connectivity index (χ1n) is 8.15. The number of pyridine rings is 1. The van der Waals surface area contributed by atoms with Crippen molar-refractivity contribution in [1.82, 2.24) is 4.98 Å². The van der Waals surface area contributed by atoms with Crippen molar-refractivity contribution >= 4 is 0 Å². The van der Waals surface area contributed by atoms with Gasteiger partial charge in [-0.1, -0.05) is 6.07 Å². The molecular formula is C17H23NO3. The molecule has 0 bridgehead atoms. The third-order valence-corrected chi connectivity index (χ3v) is 5.53. The zero-order valence-electron chi connectivity index (χ0n) is 12.4. The Kier molecular flexibility index (Phi) is 3.28. The average molecular weight is 289 g/mol. The molecule has 1 aromatic rings. The Morgan fingerprint density at radius 2 is 1.90 bits per heavy atom. The van der Waals surface area contributed by atoms with Crippen LogP contribution < -0.4 is 0 Å². The average Bonchev–Trinajstić information content (AvgIpc) is 2.99. The van der Waals surface area contributed by atoms with Crippen LogP contribution in [-0.4, -0.2) is 34.7 Å². The summed E-state index contributed by atoms with van der Waals surface area (Å²) in [5.74, 6) is -0.241. The Morgan fingerprint density at radius 1 is 1.14 bits per heavy atom. The molecule has 1 atom stereocenters. The van der Waals surface area contributed by atoms with E-state index in [1.54, 1.807) is 0 Å². The van der Waals surface area contributed by atoms with E-state index in [2.05, 4.69) is 11.1 Å². The van der Waals surface area contributed by atoms with Crippen LogP contribution in [0, 0.1) is 0 Å². The molecule has 1 unspecified atom stereocenters. The summed E-state index contributed by atoms with van der Waals surface area (Å²) in [5.41, 5.74) is 1.79. The fourth-order valence-electron chi connectivity index (χ4n) is 4.33. The molecule has 1 N–H and O–H groups in total. The van der Waals surface area contributed by atoms with E-state index in [1.165, 1.54) is 5.56 Å². The lowest BCUT2D eigenvalue weighted by Gasteiger charge is -2.45. The molecule has 21 heavy (non-hydrogen) atoms. The Hall–Kier alpha value is -0.970. The fraction of sp³-hybridized carbons (Fsp3) is 0.706. The highest BCUT2D eigenvalue weighted by molar-refractivity contribution is 5.29. The zero-order chi connectivity index (χ0) is 14.3. The molecule has 2 fully saturated rings. The molecule has 4 rings (SSSR count). The van der Waals surface area contributed by atoms with Gasteiger partial charge in [-0.25, -0.2) is 0 Å². The van der Waals surface area contributed by atoms with Crippen molar-refractivity contribution in [3.8, 4) is 0 Å². The lowest BCUT2D eigenvalue weighted by atomic mass is 9.68. The second-order valence-corrected chi connectivity index (χ2v) is 6.70. The molecule has 3 aliphatic rings. The molecule has 2 aliphatic carbocycles. The third-order valence-electron chi connectivity index (χ3n) is 5.53. The Morgan fingerprint density at radius 3 is 2.67 bits per heavy atom. The van der Waals surface area contributed by atoms with Crippen molar-refractivity contribution in [3.05, 3.63) is 29.6 Å². The molecule has 1 saturated heterocycles. The monoisotopic (exact) mass is 289 g/mol. The highest BCUT2D eigenvalue weighted by Gasteiger charge is 2.49. The topological polar surface area (TPSA) is 51.6 Å². The van der Waals surface area contributed by atoms with E-state index in [1.807, 2.05) is 12.3 Å². The molecule has 0 amide bonds. The van der Waals surface area contributed by atoms with Gasteiger partial charge in [-0.05, 0) is 43.7 Å². The number of aliphatic hydroxyl groups is 1. The molecule has 2 heterocycles. The summed E-state index contributed by atoms with van der Waals surface area (Å²) >= 11 is 0. The molecular weight excluding hydrogens is 266 g/mol. The number of aryl methyl sites for hydroxylation is 1. The van der Waals surface area contributed by atoms with E-state index in [9.17, 15) is 5.11 Å². The maximum absolute atomic E-state index is 11.2. The highest BCUT2D eigenvalue weighted by Crippen LogP contribution is 2.49. The van der Waals surface area contributed by atoms with Gasteiger partial charge in [-0.2, -0.15) is 0 Å². The van der Waals surface area contributed by atoms with Gasteiger partial charge in [0.2, 0.25) is 0 Å². The van der Waals surface area contributed by atoms with Crippen LogP contribution in [0.5, 0.6) is 0 Å². The van der Waals surface area contributed by atoms with Gasteiger partial charge in [0, 0.05) is 30.7 Å². The van der Waals surface area contributed by atoms with Gasteiger partial charge >= 0.3 is 0 Å². The van der Waals surface area contributed by atoms with E-state index in [-0.39, 0.29) is 5.92 Å². The predicted octanol–water partition coefficient (Wildman–Crippen LogP) is 2.55. The lowest BCUT2D eigenvalue weighted by molar-refractivity contribution is -0.206. The van der Waals surface area contributed by atoms with Crippen LogP contribution >= 0.6 is 0 Å². The largest absolute Gasteiger partial charge is 0.389 e. The van der Waals surface area contributed by atoms with Gasteiger partial charge < -0.3 is 14.6 Å². The maximum atomic E-state index is 11.2. The SMILES string of the molecule is OC1(C2CCCc3cccnc32)CCC2(CC1)OCCO2. The number of nitrogens with zero attached hydrogens (tertiary/aromatic N) is 1. The normalized spacial score (nSPS) is 30.2. The number of fused-ring (bicyclic) bond motifs is 1. The quantitative estimate of drug-likeness (QED) is 0.863. The molecule has 114 valence electrons. The van der Waals surface area contributed by atoms with Crippen molar-refractivity contribution in [2.75, 3.05) is 13.2 Å². The molecule has 0 aromatic carbocycles. The van der Waals surface area contributed by atoms with Crippen LogP contribution in [-0.2, 0) is 15.9 Å². The smallest absolute Gasteiger partial charge is 0.168 e. The highest BCUT2D eigenvalue weighted by atomic mass is 16.7. The zero-order valence-corrected chi connectivity index (χ0v) is 12.4. The summed E-state index contributed by atoms with van der Waals surface area (Å²) < 4.78 is 11.6. The van der Waals surface area contributed by atoms with E-state index < -0.39 is 11.4 Å². The number of aromatic nitrogens is 1. The molecule has 0 radical (unpaired) electrons. The number of hydrogen-bond donors (Lipinski definition) is 1. The molecule has 1 saturated carbocycles. The first kappa shape index (κ1) is 13.7. The second-order valence-electron chi connectivity index (χ2n) is 6.70. The summed E-state index contributed by atoms with van der Waals surface area (Å²) in [4.78, 5) is 4.59. The minimum Gasteiger partial charge on any atom is -0.389 e. The van der Waals surface area contributed by atoms with Crippen molar-refractivity contribution in [1.29, 1.82) is 0 Å². The first-order valence-corrected chi connectivity index (χ1v) is 8.15. The van der Waals surface area contributed by atoms with Crippen LogP contribution in [0.1, 0.15) is 55.7 Å². The molecule has 1 spiro atoms. The minimum atomic E-state index is -0.649. The molecule has 4 nitrogen and oxygen atoms in total. The summed E-state index contributed by atoms with van der Waals surface area (Å²) in [5, 5.41) is 11.2. The fourth-order valence-corrected chi connectivity index (χ4v) is 4.33. The van der Waals surface area contributed by atoms with Crippen LogP contribution in [0.3, 0.4) is 0 Å². The molecule has 1 aromatic heterocycles. The van der Waals surface area contributed by atoms with E-state index in [0.717, 1.165) is 50.6 Å². The van der Waals surface area contributed by atoms with Crippen LogP contribution in [0.2, 0.25) is 0 Å². The van der Waals surface area contributed by atoms with Crippen molar-refractivity contribution in [2.24, 2.45) is 0 Å². The number of ether oxygens (including phenoxy) is 2. The van der Waals surface area contributed by atoms with Crippen LogP contribution in [0.25, 0.3) is 0 Å². The predicted molar refractivity (Wildman–Crippen MR) is 78.0 cm³/mol. The van der Waals surface area contributed by atoms with Crippen LogP contribution in [0.4, 0.5) is 0 Å². The Balaban J connectivity index is 1.57. The summed E-state index contributed by atoms with van der Waals surface area (Å²) in [6.45, 7) is 1.37. The number of hydrogen-bond acceptors (Lipinski definition) is 4. The van der Waals surface area contributed by atoms with E-state index in [0.29, 0.717) is 13.2 Å². The van der Waals surface area contributed by atoms with E-state index in [4.69, 9.17) is 9.47 Å². The van der Waals surface area contributed by atoms with Gasteiger partial charge in [0.25, 0.3) is 0 Å². The molecule has 1 aliphatic heterocycles. The number of rotatable bonds is 1. The Labute approximate surface area is 125 Å². The van der Waals surface area contributed by atoms with Gasteiger partial charge in [-0.15, -0.1) is 0 Å². The van der Waals surface area contributed by atoms with Gasteiger partial charge in [0.1, 0.15) is 0 Å². The second kappa shape index (κ2) is 5.04. The minimum absolute atomic E-state index is 0.168.